The lowest BCUT2D eigenvalue weighted by molar-refractivity contribution is 0.0997. The zero-order valence-electron chi connectivity index (χ0n) is 8.45. The van der Waals surface area contributed by atoms with Gasteiger partial charge in [-0.05, 0) is 26.0 Å². The molecule has 0 aliphatic carbocycles. The van der Waals surface area contributed by atoms with Gasteiger partial charge in [0.25, 0.3) is 5.91 Å². The van der Waals surface area contributed by atoms with Crippen LogP contribution in [0, 0.1) is 0 Å². The summed E-state index contributed by atoms with van der Waals surface area (Å²) in [6.45, 7) is 3.66. The second-order valence-corrected chi connectivity index (χ2v) is 3.68. The fraction of sp³-hybridized carbons (Fsp3) is 0.300. The van der Waals surface area contributed by atoms with Gasteiger partial charge in [0.2, 0.25) is 0 Å². The number of halogens is 1. The highest BCUT2D eigenvalue weighted by molar-refractivity contribution is 6.34. The number of carbonyl (C=O) groups is 1. The van der Waals surface area contributed by atoms with Crippen molar-refractivity contribution < 1.29 is 14.6 Å². The van der Waals surface area contributed by atoms with E-state index in [2.05, 4.69) is 0 Å². The summed E-state index contributed by atoms with van der Waals surface area (Å²) in [6.07, 6.45) is -0.0682. The molecule has 0 bridgehead atoms. The third-order valence-electron chi connectivity index (χ3n) is 1.71. The molecule has 15 heavy (non-hydrogen) atoms. The van der Waals surface area contributed by atoms with Gasteiger partial charge in [0.1, 0.15) is 10.8 Å². The Bertz CT molecular complexity index is 390. The first-order valence-corrected chi connectivity index (χ1v) is 4.79. The van der Waals surface area contributed by atoms with Crippen molar-refractivity contribution in [1.29, 1.82) is 0 Å². The average molecular weight is 230 g/mol. The van der Waals surface area contributed by atoms with Gasteiger partial charge in [-0.1, -0.05) is 11.6 Å². The summed E-state index contributed by atoms with van der Waals surface area (Å²) in [5.74, 6) is -0.748. The van der Waals surface area contributed by atoms with Gasteiger partial charge in [0, 0.05) is 0 Å². The Morgan fingerprint density at radius 2 is 2.13 bits per heavy atom. The SMILES string of the molecule is CC(C)Oc1ccc(C(N)=O)c(O)c1Cl. The average Bonchev–Trinajstić information content (AvgIpc) is 2.12. The molecule has 0 aliphatic heterocycles. The van der Waals surface area contributed by atoms with Gasteiger partial charge >= 0.3 is 0 Å². The number of amides is 1. The number of phenols is 1. The molecular weight excluding hydrogens is 218 g/mol. The molecule has 0 atom stereocenters. The zero-order valence-corrected chi connectivity index (χ0v) is 9.21. The molecule has 5 heteroatoms. The third kappa shape index (κ3) is 2.53. The largest absolute Gasteiger partial charge is 0.505 e. The van der Waals surface area contributed by atoms with Crippen LogP contribution in [-0.2, 0) is 0 Å². The van der Waals surface area contributed by atoms with E-state index in [9.17, 15) is 9.90 Å². The van der Waals surface area contributed by atoms with E-state index >= 15 is 0 Å². The summed E-state index contributed by atoms with van der Waals surface area (Å²) in [7, 11) is 0. The van der Waals surface area contributed by atoms with E-state index in [-0.39, 0.29) is 22.4 Å². The molecule has 82 valence electrons. The molecule has 0 aliphatic rings. The quantitative estimate of drug-likeness (QED) is 0.832. The maximum absolute atomic E-state index is 10.9. The number of primary amides is 1. The smallest absolute Gasteiger partial charge is 0.252 e. The molecule has 0 spiro atoms. The van der Waals surface area contributed by atoms with Crippen molar-refractivity contribution in [2.24, 2.45) is 5.73 Å². The second kappa shape index (κ2) is 4.40. The number of benzene rings is 1. The van der Waals surface area contributed by atoms with E-state index in [1.54, 1.807) is 0 Å². The monoisotopic (exact) mass is 229 g/mol. The number of hydrogen-bond donors (Lipinski definition) is 2. The highest BCUT2D eigenvalue weighted by atomic mass is 35.5. The van der Waals surface area contributed by atoms with Crippen LogP contribution in [0.1, 0.15) is 24.2 Å². The molecule has 3 N–H and O–H groups in total. The minimum Gasteiger partial charge on any atom is -0.505 e. The van der Waals surface area contributed by atoms with Crippen LogP contribution in [0.5, 0.6) is 11.5 Å². The Kier molecular flexibility index (Phi) is 3.42. The number of nitrogens with two attached hydrogens (primary N) is 1. The highest BCUT2D eigenvalue weighted by Crippen LogP contribution is 2.36. The van der Waals surface area contributed by atoms with Crippen LogP contribution in [0.3, 0.4) is 0 Å². The Morgan fingerprint density at radius 3 is 2.60 bits per heavy atom. The van der Waals surface area contributed by atoms with Crippen LogP contribution in [0.15, 0.2) is 12.1 Å². The first kappa shape index (κ1) is 11.7. The molecule has 0 fully saturated rings. The van der Waals surface area contributed by atoms with Crippen LogP contribution in [0.25, 0.3) is 0 Å². The minimum absolute atomic E-state index is 0.000000000000000444. The molecule has 1 aromatic rings. The van der Waals surface area contributed by atoms with E-state index in [0.29, 0.717) is 5.75 Å². The molecular formula is C10H12ClNO3. The van der Waals surface area contributed by atoms with E-state index in [1.807, 2.05) is 13.8 Å². The lowest BCUT2D eigenvalue weighted by atomic mass is 10.2. The third-order valence-corrected chi connectivity index (χ3v) is 2.07. The van der Waals surface area contributed by atoms with Crippen LogP contribution >= 0.6 is 11.6 Å². The Labute approximate surface area is 92.6 Å². The molecule has 4 nitrogen and oxygen atoms in total. The molecule has 1 aromatic carbocycles. The second-order valence-electron chi connectivity index (χ2n) is 3.30. The fourth-order valence-electron chi connectivity index (χ4n) is 1.09. The molecule has 0 heterocycles. The highest BCUT2D eigenvalue weighted by Gasteiger charge is 2.15. The maximum Gasteiger partial charge on any atom is 0.252 e. The van der Waals surface area contributed by atoms with Crippen LogP contribution < -0.4 is 10.5 Å². The Morgan fingerprint density at radius 1 is 1.53 bits per heavy atom. The normalized spacial score (nSPS) is 10.4. The van der Waals surface area contributed by atoms with Crippen molar-refractivity contribution >= 4 is 17.5 Å². The molecule has 0 saturated heterocycles. The molecule has 0 saturated carbocycles. The fourth-order valence-corrected chi connectivity index (χ4v) is 1.30. The van der Waals surface area contributed by atoms with E-state index in [0.717, 1.165) is 0 Å². The lowest BCUT2D eigenvalue weighted by Gasteiger charge is -2.12. The Hall–Kier alpha value is -1.42. The zero-order chi connectivity index (χ0) is 11.6. The predicted molar refractivity (Wildman–Crippen MR) is 57.4 cm³/mol. The number of rotatable bonds is 3. The minimum atomic E-state index is -0.731. The molecule has 0 aromatic heterocycles. The first-order chi connectivity index (χ1) is 6.93. The van der Waals surface area contributed by atoms with Gasteiger partial charge in [-0.2, -0.15) is 0 Å². The van der Waals surface area contributed by atoms with Crippen molar-refractivity contribution in [3.63, 3.8) is 0 Å². The Balaban J connectivity index is 3.15. The summed E-state index contributed by atoms with van der Waals surface area (Å²) in [5, 5.41) is 9.55. The van der Waals surface area contributed by atoms with E-state index < -0.39 is 5.91 Å². The number of hydrogen-bond acceptors (Lipinski definition) is 3. The van der Waals surface area contributed by atoms with Crippen LogP contribution in [-0.4, -0.2) is 17.1 Å². The van der Waals surface area contributed by atoms with Crippen molar-refractivity contribution in [1.82, 2.24) is 0 Å². The predicted octanol–water partition coefficient (Wildman–Crippen LogP) is 1.93. The van der Waals surface area contributed by atoms with Gasteiger partial charge in [-0.15, -0.1) is 0 Å². The summed E-state index contributed by atoms with van der Waals surface area (Å²) in [6, 6.07) is 2.88. The van der Waals surface area contributed by atoms with E-state index in [4.69, 9.17) is 22.1 Å². The van der Waals surface area contributed by atoms with Crippen molar-refractivity contribution in [3.05, 3.63) is 22.7 Å². The van der Waals surface area contributed by atoms with Crippen LogP contribution in [0.4, 0.5) is 0 Å². The van der Waals surface area contributed by atoms with Crippen molar-refractivity contribution in [3.8, 4) is 11.5 Å². The van der Waals surface area contributed by atoms with Gasteiger partial charge in [0.05, 0.1) is 11.7 Å². The first-order valence-electron chi connectivity index (χ1n) is 4.41. The lowest BCUT2D eigenvalue weighted by Crippen LogP contribution is -2.12. The molecule has 0 unspecified atom stereocenters. The topological polar surface area (TPSA) is 72.5 Å². The van der Waals surface area contributed by atoms with Gasteiger partial charge < -0.3 is 15.6 Å². The standard InChI is InChI=1S/C10H12ClNO3/c1-5(2)15-7-4-3-6(10(12)14)9(13)8(7)11/h3-5,13H,1-2H3,(H2,12,14). The molecule has 1 rings (SSSR count). The number of aromatic hydroxyl groups is 1. The van der Waals surface area contributed by atoms with Gasteiger partial charge in [-0.3, -0.25) is 4.79 Å². The van der Waals surface area contributed by atoms with E-state index in [1.165, 1.54) is 12.1 Å². The molecule has 0 radical (unpaired) electrons. The summed E-state index contributed by atoms with van der Waals surface area (Å²) in [5.41, 5.74) is 5.02. The van der Waals surface area contributed by atoms with Crippen LogP contribution in [0.2, 0.25) is 5.02 Å². The number of carbonyl (C=O) groups excluding carboxylic acids is 1. The summed E-state index contributed by atoms with van der Waals surface area (Å²) in [4.78, 5) is 10.9. The van der Waals surface area contributed by atoms with Crippen molar-refractivity contribution in [2.75, 3.05) is 0 Å². The maximum atomic E-state index is 10.9. The van der Waals surface area contributed by atoms with Gasteiger partial charge in [-0.25, -0.2) is 0 Å². The number of ether oxygens (including phenoxy) is 1. The van der Waals surface area contributed by atoms with Gasteiger partial charge in [0.15, 0.2) is 5.75 Å². The van der Waals surface area contributed by atoms with Crippen molar-refractivity contribution in [2.45, 2.75) is 20.0 Å². The molecule has 1 amide bonds. The summed E-state index contributed by atoms with van der Waals surface area (Å²) < 4.78 is 5.32. The summed E-state index contributed by atoms with van der Waals surface area (Å²) >= 11 is 5.80.